The second-order valence-electron chi connectivity index (χ2n) is 6.62. The highest BCUT2D eigenvalue weighted by atomic mass is 16.5. The summed E-state index contributed by atoms with van der Waals surface area (Å²) in [6.45, 7) is 10.5. The van der Waals surface area contributed by atoms with Crippen LogP contribution in [0.1, 0.15) is 54.4 Å². The zero-order valence-corrected chi connectivity index (χ0v) is 15.3. The lowest BCUT2D eigenvalue weighted by Gasteiger charge is -2.32. The Morgan fingerprint density at radius 2 is 1.00 bits per heavy atom. The van der Waals surface area contributed by atoms with Crippen LogP contribution in [0.25, 0.3) is 0 Å². The van der Waals surface area contributed by atoms with Crippen molar-refractivity contribution in [3.05, 3.63) is 0 Å². The molecular formula is C16H28N2O6. The Balaban J connectivity index is 4.56. The Morgan fingerprint density at radius 1 is 0.708 bits per heavy atom. The van der Waals surface area contributed by atoms with Crippen LogP contribution >= 0.6 is 0 Å². The molecule has 0 radical (unpaired) electrons. The molecule has 0 spiro atoms. The Labute approximate surface area is 142 Å². The number of amides is 2. The molecule has 0 bridgehead atoms. The summed E-state index contributed by atoms with van der Waals surface area (Å²) in [7, 11) is 0. The van der Waals surface area contributed by atoms with E-state index in [1.807, 2.05) is 0 Å². The van der Waals surface area contributed by atoms with Crippen LogP contribution in [0.4, 0.5) is 0 Å². The summed E-state index contributed by atoms with van der Waals surface area (Å²) >= 11 is 0. The van der Waals surface area contributed by atoms with Crippen molar-refractivity contribution in [1.29, 1.82) is 0 Å². The van der Waals surface area contributed by atoms with Gasteiger partial charge in [0, 0.05) is 11.1 Å². The molecule has 0 heterocycles. The van der Waals surface area contributed by atoms with Gasteiger partial charge in [0.05, 0.1) is 13.2 Å². The van der Waals surface area contributed by atoms with Crippen LogP contribution in [-0.4, -0.2) is 48.0 Å². The fourth-order valence-corrected chi connectivity index (χ4v) is 1.86. The minimum Gasteiger partial charge on any atom is -0.459 e. The van der Waals surface area contributed by atoms with Gasteiger partial charge in [0.25, 0.3) is 0 Å². The average molecular weight is 344 g/mol. The van der Waals surface area contributed by atoms with Gasteiger partial charge >= 0.3 is 23.8 Å². The van der Waals surface area contributed by atoms with Crippen molar-refractivity contribution < 1.29 is 28.7 Å². The number of hydrogen-bond donors (Lipinski definition) is 2. The molecule has 0 aliphatic carbocycles. The van der Waals surface area contributed by atoms with Gasteiger partial charge < -0.3 is 20.1 Å². The van der Waals surface area contributed by atoms with Gasteiger partial charge in [0.2, 0.25) is 0 Å². The molecule has 8 nitrogen and oxygen atoms in total. The Hall–Kier alpha value is -2.12. The van der Waals surface area contributed by atoms with Gasteiger partial charge in [-0.3, -0.25) is 9.59 Å². The molecule has 0 aromatic carbocycles. The molecule has 0 saturated carbocycles. The van der Waals surface area contributed by atoms with E-state index in [9.17, 15) is 19.2 Å². The maximum atomic E-state index is 11.7. The molecule has 24 heavy (non-hydrogen) atoms. The minimum absolute atomic E-state index is 0.125. The topological polar surface area (TPSA) is 111 Å². The van der Waals surface area contributed by atoms with Crippen LogP contribution in [0.3, 0.4) is 0 Å². The normalized spacial score (nSPS) is 11.4. The van der Waals surface area contributed by atoms with Crippen molar-refractivity contribution in [3.63, 3.8) is 0 Å². The molecule has 8 heteroatoms. The molecule has 2 N–H and O–H groups in total. The van der Waals surface area contributed by atoms with Crippen molar-refractivity contribution in [2.45, 2.75) is 65.5 Å². The summed E-state index contributed by atoms with van der Waals surface area (Å²) in [5, 5.41) is 5.18. The van der Waals surface area contributed by atoms with Crippen molar-refractivity contribution >= 4 is 23.8 Å². The van der Waals surface area contributed by atoms with Gasteiger partial charge in [0.1, 0.15) is 0 Å². The molecule has 0 fully saturated rings. The van der Waals surface area contributed by atoms with Crippen LogP contribution in [0.5, 0.6) is 0 Å². The zero-order chi connectivity index (χ0) is 19.0. The van der Waals surface area contributed by atoms with E-state index in [1.54, 1.807) is 41.5 Å². The first-order valence-electron chi connectivity index (χ1n) is 7.92. The first kappa shape index (κ1) is 21.9. The number of esters is 2. The van der Waals surface area contributed by atoms with Crippen molar-refractivity contribution in [1.82, 2.24) is 10.6 Å². The fraction of sp³-hybridized carbons (Fsp3) is 0.750. The van der Waals surface area contributed by atoms with E-state index in [0.717, 1.165) is 0 Å². The molecule has 0 aliphatic heterocycles. The van der Waals surface area contributed by atoms with Gasteiger partial charge in [-0.2, -0.15) is 0 Å². The summed E-state index contributed by atoms with van der Waals surface area (Å²) in [5.41, 5.74) is -1.37. The first-order valence-corrected chi connectivity index (χ1v) is 7.92. The van der Waals surface area contributed by atoms with E-state index in [4.69, 9.17) is 0 Å². The second kappa shape index (κ2) is 9.24. The van der Waals surface area contributed by atoms with Gasteiger partial charge in [-0.05, 0) is 54.4 Å². The van der Waals surface area contributed by atoms with Crippen LogP contribution in [-0.2, 0) is 28.7 Å². The number of rotatable bonds is 7. The molecule has 138 valence electrons. The van der Waals surface area contributed by atoms with Gasteiger partial charge in [-0.25, -0.2) is 9.59 Å². The average Bonchev–Trinajstić information content (AvgIpc) is 2.45. The standard InChI is InChI=1S/C16H28N2O6/c1-7-23-13(21)11(19)17-15(3,4)9-10-16(5,6)18-12(20)14(22)24-8-2/h7-10H2,1-6H3,(H,17,19)(H,18,20). The number of carbonyl (C=O) groups is 4. The molecule has 0 atom stereocenters. The highest BCUT2D eigenvalue weighted by Gasteiger charge is 2.30. The van der Waals surface area contributed by atoms with E-state index in [0.29, 0.717) is 12.8 Å². The van der Waals surface area contributed by atoms with Crippen LogP contribution in [0.2, 0.25) is 0 Å². The van der Waals surface area contributed by atoms with E-state index < -0.39 is 34.8 Å². The van der Waals surface area contributed by atoms with Gasteiger partial charge in [0.15, 0.2) is 0 Å². The third-order valence-corrected chi connectivity index (χ3v) is 3.20. The molecule has 0 aliphatic rings. The van der Waals surface area contributed by atoms with Crippen LogP contribution < -0.4 is 10.6 Å². The van der Waals surface area contributed by atoms with E-state index in [1.165, 1.54) is 0 Å². The summed E-state index contributed by atoms with van der Waals surface area (Å²) in [6.07, 6.45) is 0.933. The van der Waals surface area contributed by atoms with E-state index in [2.05, 4.69) is 20.1 Å². The largest absolute Gasteiger partial charge is 0.459 e. The number of carbonyl (C=O) groups excluding carboxylic acids is 4. The quantitative estimate of drug-likeness (QED) is 0.519. The fourth-order valence-electron chi connectivity index (χ4n) is 1.86. The number of ether oxygens (including phenoxy) is 2. The lowest BCUT2D eigenvalue weighted by molar-refractivity contribution is -0.155. The maximum absolute atomic E-state index is 11.7. The highest BCUT2D eigenvalue weighted by Crippen LogP contribution is 2.19. The second-order valence-corrected chi connectivity index (χ2v) is 6.62. The lowest BCUT2D eigenvalue weighted by atomic mass is 9.89. The highest BCUT2D eigenvalue weighted by molar-refractivity contribution is 6.33. The number of hydrogen-bond acceptors (Lipinski definition) is 6. The monoisotopic (exact) mass is 344 g/mol. The third-order valence-electron chi connectivity index (χ3n) is 3.20. The Morgan fingerprint density at radius 3 is 1.25 bits per heavy atom. The minimum atomic E-state index is -0.930. The number of nitrogens with one attached hydrogen (secondary N) is 2. The predicted octanol–water partition coefficient (Wildman–Crippen LogP) is 0.682. The summed E-state index contributed by atoms with van der Waals surface area (Å²) in [4.78, 5) is 46.1. The zero-order valence-electron chi connectivity index (χ0n) is 15.3. The summed E-state index contributed by atoms with van der Waals surface area (Å²) < 4.78 is 9.28. The molecule has 0 saturated heterocycles. The Bertz CT molecular complexity index is 441. The van der Waals surface area contributed by atoms with E-state index >= 15 is 0 Å². The third kappa shape index (κ3) is 8.50. The summed E-state index contributed by atoms with van der Waals surface area (Å²) in [5.74, 6) is -3.48. The van der Waals surface area contributed by atoms with Crippen molar-refractivity contribution in [2.75, 3.05) is 13.2 Å². The molecular weight excluding hydrogens is 316 g/mol. The molecule has 0 rings (SSSR count). The molecule has 2 amide bonds. The van der Waals surface area contributed by atoms with Gasteiger partial charge in [-0.15, -0.1) is 0 Å². The Kier molecular flexibility index (Phi) is 8.43. The van der Waals surface area contributed by atoms with E-state index in [-0.39, 0.29) is 13.2 Å². The van der Waals surface area contributed by atoms with Gasteiger partial charge in [-0.1, -0.05) is 0 Å². The van der Waals surface area contributed by atoms with Crippen LogP contribution in [0.15, 0.2) is 0 Å². The molecule has 0 aromatic rings. The molecule has 0 aromatic heterocycles. The SMILES string of the molecule is CCOC(=O)C(=O)NC(C)(C)CCC(C)(C)NC(=O)C(=O)OCC. The van der Waals surface area contributed by atoms with Crippen LogP contribution in [0, 0.1) is 0 Å². The maximum Gasteiger partial charge on any atom is 0.396 e. The predicted molar refractivity (Wildman–Crippen MR) is 86.9 cm³/mol. The lowest BCUT2D eigenvalue weighted by Crippen LogP contribution is -2.51. The van der Waals surface area contributed by atoms with Crippen molar-refractivity contribution in [3.8, 4) is 0 Å². The summed E-state index contributed by atoms with van der Waals surface area (Å²) in [6, 6.07) is 0. The first-order chi connectivity index (χ1) is 10.9. The van der Waals surface area contributed by atoms with Crippen molar-refractivity contribution in [2.24, 2.45) is 0 Å². The molecule has 0 unspecified atom stereocenters. The smallest absolute Gasteiger partial charge is 0.396 e.